The van der Waals surface area contributed by atoms with Crippen molar-refractivity contribution in [3.8, 4) is 0 Å². The quantitative estimate of drug-likeness (QED) is 0.00512. The fraction of sp³-hybridized carbons (Fsp3) is 0.882. The van der Waals surface area contributed by atoms with Gasteiger partial charge in [-0.15, -0.1) is 0 Å². The normalized spacial score (nSPS) is 27.7. The molecule has 2 aliphatic heterocycles. The van der Waals surface area contributed by atoms with E-state index in [1.165, 1.54) is 134 Å². The van der Waals surface area contributed by atoms with Gasteiger partial charge in [-0.3, -0.25) is 18.6 Å². The van der Waals surface area contributed by atoms with Crippen LogP contribution in [-0.4, -0.2) is 204 Å². The number of rotatable bonds is 60. The Hall–Kier alpha value is -2.82. The molecule has 11 N–H and O–H groups in total. The molecule has 0 spiro atoms. The van der Waals surface area contributed by atoms with Crippen LogP contribution in [0.25, 0.3) is 0 Å². The van der Waals surface area contributed by atoms with Crippen LogP contribution < -0.4 is 0 Å². The van der Waals surface area contributed by atoms with E-state index in [2.05, 4.69) is 39.8 Å². The summed E-state index contributed by atoms with van der Waals surface area (Å²) < 4.78 is 64.9. The first-order chi connectivity index (χ1) is 48.7. The number of carbonyl (C=O) groups excluding carboxylic acids is 3. The van der Waals surface area contributed by atoms with Crippen LogP contribution >= 0.6 is 7.82 Å². The molecule has 24 nitrogen and oxygen atoms in total. The van der Waals surface area contributed by atoms with E-state index in [-0.39, 0.29) is 12.8 Å². The number of phosphoric acid groups is 1. The van der Waals surface area contributed by atoms with Crippen LogP contribution in [0.5, 0.6) is 0 Å². The number of hydrogen-bond donors (Lipinski definition) is 11. The minimum atomic E-state index is -5.73. The van der Waals surface area contributed by atoms with Gasteiger partial charge in [-0.05, 0) is 57.3 Å². The fourth-order valence-corrected chi connectivity index (χ4v) is 13.9. The number of carbonyl (C=O) groups is 3. The molecule has 0 bridgehead atoms. The van der Waals surface area contributed by atoms with Crippen molar-refractivity contribution in [2.75, 3.05) is 26.4 Å². The second-order valence-electron chi connectivity index (χ2n) is 28.4. The van der Waals surface area contributed by atoms with Crippen LogP contribution in [0, 0.1) is 5.92 Å². The van der Waals surface area contributed by atoms with Crippen LogP contribution in [0.15, 0.2) is 36.5 Å². The number of phosphoric ester groups is 1. The number of allylic oxidation sites excluding steroid dienone is 5. The van der Waals surface area contributed by atoms with E-state index in [0.717, 1.165) is 115 Å². The standard InChI is InChI=1S/C76H137O24P/c1-5-8-11-14-17-19-21-23-25-27-29-31-33-39-45-50-61(79)93-55-59-64(82)66(84)71(89)76(97-59)99-73-69(87)67(85)68(86)72(98-75-70(88)65(83)63(81)58(52-77)96-75)74(73)100-101(90,91)94-54-57(95-62(80)51-46-41-34-32-30-28-26-24-22-20-18-15-12-9-6-2)53-92-60(78)49-44-40-36-35-38-43-48-56(4)47-42-37-16-13-10-7-3/h19,21,34,41,46,51,56-59,63-77,81-89H,5-18,20,22-33,35-40,42-45,47-50,52-55H2,1-4H3,(H,90,91)/b21-19-,41-34+,51-46+. The summed E-state index contributed by atoms with van der Waals surface area (Å²) in [4.78, 5) is 51.0. The zero-order valence-corrected chi connectivity index (χ0v) is 62.7. The number of aliphatic hydroxyl groups excluding tert-OH is 10. The Morgan fingerprint density at radius 3 is 1.29 bits per heavy atom. The summed E-state index contributed by atoms with van der Waals surface area (Å²) in [6.07, 6.45) is 18.4. The molecular formula is C76H137O24P. The number of ether oxygens (including phenoxy) is 7. The summed E-state index contributed by atoms with van der Waals surface area (Å²) in [6.45, 7) is 5.66. The van der Waals surface area contributed by atoms with Gasteiger partial charge in [0.25, 0.3) is 0 Å². The van der Waals surface area contributed by atoms with E-state index >= 15 is 0 Å². The Morgan fingerprint density at radius 2 is 0.822 bits per heavy atom. The third-order valence-corrected chi connectivity index (χ3v) is 20.4. The van der Waals surface area contributed by atoms with Crippen LogP contribution in [0.4, 0.5) is 0 Å². The monoisotopic (exact) mass is 1460 g/mol. The molecule has 1 aliphatic carbocycles. The van der Waals surface area contributed by atoms with Gasteiger partial charge in [-0.2, -0.15) is 0 Å². The third-order valence-electron chi connectivity index (χ3n) is 19.4. The topological polar surface area (TPSA) is 374 Å². The highest BCUT2D eigenvalue weighted by atomic mass is 31.2. The molecule has 590 valence electrons. The van der Waals surface area contributed by atoms with Gasteiger partial charge < -0.3 is 89.1 Å². The molecule has 0 aromatic rings. The first kappa shape index (κ1) is 92.4. The minimum Gasteiger partial charge on any atom is -0.463 e. The molecule has 2 heterocycles. The van der Waals surface area contributed by atoms with Crippen molar-refractivity contribution in [2.24, 2.45) is 5.92 Å². The number of esters is 3. The first-order valence-electron chi connectivity index (χ1n) is 39.2. The lowest BCUT2D eigenvalue weighted by Crippen LogP contribution is -2.69. The van der Waals surface area contributed by atoms with Crippen molar-refractivity contribution in [2.45, 2.75) is 395 Å². The van der Waals surface area contributed by atoms with Gasteiger partial charge in [0, 0.05) is 18.9 Å². The van der Waals surface area contributed by atoms with Crippen LogP contribution in [0.1, 0.15) is 291 Å². The average Bonchev–Trinajstić information content (AvgIpc) is 0.760. The molecular weight excluding hydrogens is 1330 g/mol. The molecule has 0 amide bonds. The molecule has 3 fully saturated rings. The Morgan fingerprint density at radius 1 is 0.436 bits per heavy atom. The van der Waals surface area contributed by atoms with Crippen LogP contribution in [-0.2, 0) is 61.2 Å². The van der Waals surface area contributed by atoms with Gasteiger partial charge in [-0.25, -0.2) is 9.36 Å². The SMILES string of the molecule is CCCCCC/C=C\CCCCCCCCCC(=O)OCC1OC(OC2C(O)C(O)C(O)C(OC3OC(CO)C(O)C(O)C3O)C2OP(=O)(O)OCC(COC(=O)CCCCCCCCC(C)CCCCCCCC)OC(=O)/C=C/C=C/CCCCCCCCCCCCC)C(O)C(O)C1O. The molecule has 3 rings (SSSR count). The predicted molar refractivity (Wildman–Crippen MR) is 384 cm³/mol. The molecule has 19 unspecified atom stereocenters. The largest absolute Gasteiger partial charge is 0.472 e. The van der Waals surface area contributed by atoms with Crippen LogP contribution in [0.2, 0.25) is 0 Å². The average molecular weight is 1470 g/mol. The molecule has 0 radical (unpaired) electrons. The first-order valence-corrected chi connectivity index (χ1v) is 40.7. The summed E-state index contributed by atoms with van der Waals surface area (Å²) in [7, 11) is -5.73. The van der Waals surface area contributed by atoms with E-state index in [0.29, 0.717) is 18.8 Å². The van der Waals surface area contributed by atoms with E-state index in [1.54, 1.807) is 6.08 Å². The molecule has 2 saturated heterocycles. The van der Waals surface area contributed by atoms with Crippen molar-refractivity contribution in [1.82, 2.24) is 0 Å². The molecule has 0 aromatic carbocycles. The maximum Gasteiger partial charge on any atom is 0.472 e. The lowest BCUT2D eigenvalue weighted by molar-refractivity contribution is -0.360. The Balaban J connectivity index is 1.75. The Labute approximate surface area is 604 Å². The second-order valence-corrected chi connectivity index (χ2v) is 29.8. The van der Waals surface area contributed by atoms with Gasteiger partial charge >= 0.3 is 25.7 Å². The predicted octanol–water partition coefficient (Wildman–Crippen LogP) is 11.3. The Bertz CT molecular complexity index is 2240. The van der Waals surface area contributed by atoms with Gasteiger partial charge in [0.1, 0.15) is 98.7 Å². The number of unbranched alkanes of at least 4 members (excludes halogenated alkanes) is 32. The highest BCUT2D eigenvalue weighted by Gasteiger charge is 2.58. The molecule has 19 atom stereocenters. The third kappa shape index (κ3) is 39.6. The fourth-order valence-electron chi connectivity index (χ4n) is 12.9. The van der Waals surface area contributed by atoms with Gasteiger partial charge in [0.05, 0.1) is 13.2 Å². The van der Waals surface area contributed by atoms with Gasteiger partial charge in [0.2, 0.25) is 0 Å². The number of aliphatic hydroxyl groups is 10. The molecule has 25 heteroatoms. The van der Waals surface area contributed by atoms with Crippen molar-refractivity contribution >= 4 is 25.7 Å². The second kappa shape index (κ2) is 56.5. The van der Waals surface area contributed by atoms with E-state index in [4.69, 9.17) is 42.2 Å². The van der Waals surface area contributed by atoms with Crippen molar-refractivity contribution in [3.05, 3.63) is 36.5 Å². The van der Waals surface area contributed by atoms with Crippen LogP contribution in [0.3, 0.4) is 0 Å². The van der Waals surface area contributed by atoms with E-state index < -0.39 is 156 Å². The minimum absolute atomic E-state index is 0.0192. The summed E-state index contributed by atoms with van der Waals surface area (Å²) in [5, 5.41) is 110. The highest BCUT2D eigenvalue weighted by molar-refractivity contribution is 7.47. The zero-order valence-electron chi connectivity index (χ0n) is 61.9. The molecule has 0 aromatic heterocycles. The van der Waals surface area contributed by atoms with Gasteiger partial charge in [-0.1, -0.05) is 257 Å². The van der Waals surface area contributed by atoms with Gasteiger partial charge in [0.15, 0.2) is 18.7 Å². The molecule has 1 saturated carbocycles. The van der Waals surface area contributed by atoms with E-state index in [1.807, 2.05) is 6.08 Å². The number of hydrogen-bond acceptors (Lipinski definition) is 23. The summed E-state index contributed by atoms with van der Waals surface area (Å²) in [5.41, 5.74) is 0. The smallest absolute Gasteiger partial charge is 0.463 e. The lowest BCUT2D eigenvalue weighted by atomic mass is 9.84. The molecule has 3 aliphatic rings. The van der Waals surface area contributed by atoms with Crippen molar-refractivity contribution < 1.29 is 117 Å². The van der Waals surface area contributed by atoms with Crippen molar-refractivity contribution in [3.63, 3.8) is 0 Å². The van der Waals surface area contributed by atoms with Crippen molar-refractivity contribution in [1.29, 1.82) is 0 Å². The zero-order chi connectivity index (χ0) is 74.1. The summed E-state index contributed by atoms with van der Waals surface area (Å²) >= 11 is 0. The Kier molecular flexibility index (Phi) is 51.6. The summed E-state index contributed by atoms with van der Waals surface area (Å²) in [6, 6.07) is 0. The summed E-state index contributed by atoms with van der Waals surface area (Å²) in [5.74, 6) is -1.56. The molecule has 101 heavy (non-hydrogen) atoms. The maximum atomic E-state index is 14.3. The maximum absolute atomic E-state index is 14.3. The highest BCUT2D eigenvalue weighted by Crippen LogP contribution is 2.49. The lowest BCUT2D eigenvalue weighted by Gasteiger charge is -2.49. The van der Waals surface area contributed by atoms with E-state index in [9.17, 15) is 74.9 Å².